The maximum absolute atomic E-state index is 12.6. The van der Waals surface area contributed by atoms with Crippen LogP contribution in [0, 0.1) is 10.1 Å². The maximum Gasteiger partial charge on any atom is 0.270 e. The molecule has 1 heterocycles. The summed E-state index contributed by atoms with van der Waals surface area (Å²) < 4.78 is 5.75. The predicted molar refractivity (Wildman–Crippen MR) is 84.2 cm³/mol. The number of nitrogens with zero attached hydrogens (tertiary/aromatic N) is 1. The van der Waals surface area contributed by atoms with Crippen molar-refractivity contribution < 1.29 is 9.34 Å². The van der Waals surface area contributed by atoms with Crippen LogP contribution in [0.5, 0.6) is 0 Å². The number of hydrogen-bond donors (Lipinski definition) is 0. The van der Waals surface area contributed by atoms with Crippen molar-refractivity contribution in [1.29, 1.82) is 0 Å². The molecule has 4 rings (SSSR count). The normalized spacial score (nSPS) is 11.3. The first-order valence-electron chi connectivity index (χ1n) is 6.67. The third-order valence-corrected chi connectivity index (χ3v) is 3.73. The first kappa shape index (κ1) is 12.5. The largest absolute Gasteiger partial charge is 0.456 e. The Balaban J connectivity index is 2.17. The molecule has 5 heteroatoms. The fourth-order valence-electron chi connectivity index (χ4n) is 2.64. The van der Waals surface area contributed by atoms with Gasteiger partial charge in [0.2, 0.25) is 5.43 Å². The van der Waals surface area contributed by atoms with Crippen LogP contribution in [-0.4, -0.2) is 4.92 Å². The number of benzene rings is 3. The second kappa shape index (κ2) is 4.39. The summed E-state index contributed by atoms with van der Waals surface area (Å²) in [5, 5.41) is 13.4. The van der Waals surface area contributed by atoms with Crippen molar-refractivity contribution in [2.24, 2.45) is 0 Å². The van der Waals surface area contributed by atoms with Gasteiger partial charge in [0.15, 0.2) is 0 Å². The van der Waals surface area contributed by atoms with Gasteiger partial charge in [-0.15, -0.1) is 0 Å². The molecule has 0 aliphatic rings. The lowest BCUT2D eigenvalue weighted by atomic mass is 10.1. The molecule has 3 aromatic carbocycles. The lowest BCUT2D eigenvalue weighted by molar-refractivity contribution is -0.384. The van der Waals surface area contributed by atoms with Gasteiger partial charge in [0.1, 0.15) is 11.2 Å². The topological polar surface area (TPSA) is 73.3 Å². The van der Waals surface area contributed by atoms with E-state index < -0.39 is 4.92 Å². The molecule has 0 saturated heterocycles. The lowest BCUT2D eigenvalue weighted by Crippen LogP contribution is -2.02. The van der Waals surface area contributed by atoms with Gasteiger partial charge in [-0.2, -0.15) is 0 Å². The van der Waals surface area contributed by atoms with Crippen LogP contribution in [0.4, 0.5) is 5.69 Å². The molecule has 22 heavy (non-hydrogen) atoms. The Labute approximate surface area is 123 Å². The van der Waals surface area contributed by atoms with Crippen molar-refractivity contribution >= 4 is 38.4 Å². The third-order valence-electron chi connectivity index (χ3n) is 3.73. The van der Waals surface area contributed by atoms with Gasteiger partial charge in [-0.05, 0) is 29.0 Å². The van der Waals surface area contributed by atoms with Gasteiger partial charge in [-0.1, -0.05) is 24.3 Å². The van der Waals surface area contributed by atoms with E-state index in [1.54, 1.807) is 6.07 Å². The standard InChI is InChI=1S/C17H9NO4/c19-17-13-7-10-3-1-2-4-11(10)8-16(13)22-15-6-5-12(18(20)21)9-14(15)17/h1-9H. The average molecular weight is 291 g/mol. The molecular weight excluding hydrogens is 282 g/mol. The van der Waals surface area contributed by atoms with Crippen LogP contribution in [0.25, 0.3) is 32.7 Å². The molecule has 0 amide bonds. The highest BCUT2D eigenvalue weighted by atomic mass is 16.6. The van der Waals surface area contributed by atoms with E-state index in [9.17, 15) is 14.9 Å². The molecule has 0 N–H and O–H groups in total. The minimum atomic E-state index is -0.524. The summed E-state index contributed by atoms with van der Waals surface area (Å²) in [6.07, 6.45) is 0. The Hall–Kier alpha value is -3.21. The molecule has 0 radical (unpaired) electrons. The number of fused-ring (bicyclic) bond motifs is 3. The van der Waals surface area contributed by atoms with E-state index in [1.807, 2.05) is 30.3 Å². The molecule has 0 spiro atoms. The van der Waals surface area contributed by atoms with E-state index >= 15 is 0 Å². The summed E-state index contributed by atoms with van der Waals surface area (Å²) in [6, 6.07) is 15.3. The number of nitro groups is 1. The molecule has 0 aliphatic carbocycles. The Bertz CT molecular complexity index is 1130. The Morgan fingerprint density at radius 2 is 1.55 bits per heavy atom. The SMILES string of the molecule is O=c1c2cc([N+](=O)[O-])ccc2oc2cc3ccccc3cc12. The molecule has 0 saturated carbocycles. The van der Waals surface area contributed by atoms with E-state index in [0.29, 0.717) is 16.6 Å². The molecule has 0 fully saturated rings. The van der Waals surface area contributed by atoms with Gasteiger partial charge in [-0.3, -0.25) is 14.9 Å². The van der Waals surface area contributed by atoms with Crippen molar-refractivity contribution in [3.63, 3.8) is 0 Å². The van der Waals surface area contributed by atoms with Crippen LogP contribution in [-0.2, 0) is 0 Å². The Morgan fingerprint density at radius 3 is 2.27 bits per heavy atom. The minimum Gasteiger partial charge on any atom is -0.456 e. The Kier molecular flexibility index (Phi) is 2.50. The van der Waals surface area contributed by atoms with E-state index in [1.165, 1.54) is 18.2 Å². The highest BCUT2D eigenvalue weighted by molar-refractivity contribution is 5.99. The molecule has 0 bridgehead atoms. The second-order valence-electron chi connectivity index (χ2n) is 5.06. The smallest absolute Gasteiger partial charge is 0.270 e. The van der Waals surface area contributed by atoms with Crippen LogP contribution in [0.3, 0.4) is 0 Å². The van der Waals surface area contributed by atoms with E-state index in [4.69, 9.17) is 4.42 Å². The van der Waals surface area contributed by atoms with E-state index in [2.05, 4.69) is 0 Å². The van der Waals surface area contributed by atoms with Crippen molar-refractivity contribution in [2.75, 3.05) is 0 Å². The lowest BCUT2D eigenvalue weighted by Gasteiger charge is -2.03. The molecule has 1 aromatic heterocycles. The summed E-state index contributed by atoms with van der Waals surface area (Å²) in [4.78, 5) is 23.0. The van der Waals surface area contributed by atoms with Crippen molar-refractivity contribution in [1.82, 2.24) is 0 Å². The Morgan fingerprint density at radius 1 is 0.864 bits per heavy atom. The molecule has 0 atom stereocenters. The van der Waals surface area contributed by atoms with Crippen molar-refractivity contribution in [3.8, 4) is 0 Å². The van der Waals surface area contributed by atoms with Crippen LogP contribution < -0.4 is 5.43 Å². The molecule has 0 aliphatic heterocycles. The molecule has 5 nitrogen and oxygen atoms in total. The van der Waals surface area contributed by atoms with Crippen LogP contribution in [0.1, 0.15) is 0 Å². The molecule has 0 unspecified atom stereocenters. The van der Waals surface area contributed by atoms with Crippen LogP contribution in [0.15, 0.2) is 63.8 Å². The highest BCUT2D eigenvalue weighted by Crippen LogP contribution is 2.26. The van der Waals surface area contributed by atoms with Crippen LogP contribution >= 0.6 is 0 Å². The zero-order valence-corrected chi connectivity index (χ0v) is 11.3. The van der Waals surface area contributed by atoms with Gasteiger partial charge >= 0.3 is 0 Å². The summed E-state index contributed by atoms with van der Waals surface area (Å²) >= 11 is 0. The van der Waals surface area contributed by atoms with E-state index in [0.717, 1.165) is 10.8 Å². The van der Waals surface area contributed by atoms with Gasteiger partial charge in [-0.25, -0.2) is 0 Å². The highest BCUT2D eigenvalue weighted by Gasteiger charge is 2.13. The summed E-state index contributed by atoms with van der Waals surface area (Å²) in [5.41, 5.74) is 0.439. The summed E-state index contributed by atoms with van der Waals surface area (Å²) in [6.45, 7) is 0. The zero-order chi connectivity index (χ0) is 15.3. The fraction of sp³-hybridized carbons (Fsp3) is 0. The first-order chi connectivity index (χ1) is 10.6. The van der Waals surface area contributed by atoms with Crippen molar-refractivity contribution in [3.05, 3.63) is 74.9 Å². The number of rotatable bonds is 1. The van der Waals surface area contributed by atoms with Gasteiger partial charge < -0.3 is 4.42 Å². The van der Waals surface area contributed by atoms with Gasteiger partial charge in [0, 0.05) is 12.1 Å². The summed E-state index contributed by atoms with van der Waals surface area (Å²) in [7, 11) is 0. The monoisotopic (exact) mass is 291 g/mol. The number of hydrogen-bond acceptors (Lipinski definition) is 4. The average Bonchev–Trinajstić information content (AvgIpc) is 2.53. The first-order valence-corrected chi connectivity index (χ1v) is 6.67. The van der Waals surface area contributed by atoms with Crippen LogP contribution in [0.2, 0.25) is 0 Å². The van der Waals surface area contributed by atoms with E-state index in [-0.39, 0.29) is 16.5 Å². The minimum absolute atomic E-state index is 0.125. The molecule has 106 valence electrons. The predicted octanol–water partition coefficient (Wildman–Crippen LogP) is 4.01. The number of non-ortho nitro benzene ring substituents is 1. The maximum atomic E-state index is 12.6. The van der Waals surface area contributed by atoms with Gasteiger partial charge in [0.05, 0.1) is 15.7 Å². The second-order valence-corrected chi connectivity index (χ2v) is 5.06. The van der Waals surface area contributed by atoms with Crippen molar-refractivity contribution in [2.45, 2.75) is 0 Å². The molecular formula is C17H9NO4. The quantitative estimate of drug-likeness (QED) is 0.302. The summed E-state index contributed by atoms with van der Waals surface area (Å²) in [5.74, 6) is 0. The zero-order valence-electron chi connectivity index (χ0n) is 11.3. The third kappa shape index (κ3) is 1.76. The van der Waals surface area contributed by atoms with Gasteiger partial charge in [0.25, 0.3) is 5.69 Å². The fourth-order valence-corrected chi connectivity index (χ4v) is 2.64. The molecule has 4 aromatic rings. The number of nitro benzene ring substituents is 1.